The lowest BCUT2D eigenvalue weighted by Crippen LogP contribution is -2.06. The second-order valence-electron chi connectivity index (χ2n) is 3.96. The fourth-order valence-corrected chi connectivity index (χ4v) is 1.78. The molecule has 0 aromatic heterocycles. The minimum atomic E-state index is 0.861. The number of hydrogen-bond acceptors (Lipinski definition) is 2. The second kappa shape index (κ2) is 3.81. The lowest BCUT2D eigenvalue weighted by atomic mass is 10.1. The predicted molar refractivity (Wildman–Crippen MR) is 64.5 cm³/mol. The van der Waals surface area contributed by atoms with E-state index in [0.717, 1.165) is 33.9 Å². The SMILES string of the molecule is Cc1c(Br)ccc(NCC2CC2)c1N. The summed E-state index contributed by atoms with van der Waals surface area (Å²) >= 11 is 3.46. The molecule has 0 unspecified atom stereocenters. The molecule has 1 fully saturated rings. The number of anilines is 2. The molecular weight excluding hydrogens is 240 g/mol. The van der Waals surface area contributed by atoms with Crippen LogP contribution in [-0.4, -0.2) is 6.54 Å². The number of rotatable bonds is 3. The third-order valence-corrected chi connectivity index (χ3v) is 3.59. The first-order valence-electron chi connectivity index (χ1n) is 4.97. The number of benzene rings is 1. The molecule has 1 aromatic rings. The molecule has 0 heterocycles. The molecule has 14 heavy (non-hydrogen) atoms. The lowest BCUT2D eigenvalue weighted by Gasteiger charge is -2.11. The highest BCUT2D eigenvalue weighted by atomic mass is 79.9. The van der Waals surface area contributed by atoms with Crippen molar-refractivity contribution in [1.29, 1.82) is 0 Å². The normalized spacial score (nSPS) is 15.6. The van der Waals surface area contributed by atoms with Gasteiger partial charge >= 0.3 is 0 Å². The first-order valence-corrected chi connectivity index (χ1v) is 5.76. The van der Waals surface area contributed by atoms with E-state index < -0.39 is 0 Å². The maximum absolute atomic E-state index is 6.00. The van der Waals surface area contributed by atoms with Crippen LogP contribution in [-0.2, 0) is 0 Å². The fraction of sp³-hybridized carbons (Fsp3) is 0.455. The maximum Gasteiger partial charge on any atom is 0.0590 e. The lowest BCUT2D eigenvalue weighted by molar-refractivity contribution is 0.889. The Labute approximate surface area is 93.0 Å². The molecule has 2 rings (SSSR count). The van der Waals surface area contributed by atoms with Gasteiger partial charge in [0, 0.05) is 11.0 Å². The van der Waals surface area contributed by atoms with Gasteiger partial charge in [0.25, 0.3) is 0 Å². The highest BCUT2D eigenvalue weighted by Gasteiger charge is 2.20. The van der Waals surface area contributed by atoms with Gasteiger partial charge in [0.1, 0.15) is 0 Å². The van der Waals surface area contributed by atoms with Crippen molar-refractivity contribution in [1.82, 2.24) is 0 Å². The summed E-state index contributed by atoms with van der Waals surface area (Å²) in [4.78, 5) is 0. The maximum atomic E-state index is 6.00. The number of hydrogen-bond donors (Lipinski definition) is 2. The van der Waals surface area contributed by atoms with Crippen molar-refractivity contribution in [2.75, 3.05) is 17.6 Å². The van der Waals surface area contributed by atoms with Crippen LogP contribution in [0.5, 0.6) is 0 Å². The number of nitrogen functional groups attached to an aromatic ring is 1. The smallest absolute Gasteiger partial charge is 0.0590 e. The zero-order valence-electron chi connectivity index (χ0n) is 8.31. The molecule has 3 N–H and O–H groups in total. The van der Waals surface area contributed by atoms with Gasteiger partial charge in [-0.1, -0.05) is 15.9 Å². The fourth-order valence-electron chi connectivity index (χ4n) is 1.43. The average Bonchev–Trinajstić information content (AvgIpc) is 2.97. The van der Waals surface area contributed by atoms with E-state index in [1.807, 2.05) is 19.1 Å². The van der Waals surface area contributed by atoms with Gasteiger partial charge < -0.3 is 11.1 Å². The highest BCUT2D eigenvalue weighted by Crippen LogP contribution is 2.32. The summed E-state index contributed by atoms with van der Waals surface area (Å²) in [5.41, 5.74) is 9.04. The monoisotopic (exact) mass is 254 g/mol. The molecule has 2 nitrogen and oxygen atoms in total. The van der Waals surface area contributed by atoms with Crippen molar-refractivity contribution in [2.45, 2.75) is 19.8 Å². The molecule has 0 aliphatic heterocycles. The van der Waals surface area contributed by atoms with Crippen LogP contribution in [0.2, 0.25) is 0 Å². The summed E-state index contributed by atoms with van der Waals surface area (Å²) in [6.07, 6.45) is 2.73. The van der Waals surface area contributed by atoms with Gasteiger partial charge in [-0.15, -0.1) is 0 Å². The van der Waals surface area contributed by atoms with E-state index in [-0.39, 0.29) is 0 Å². The molecule has 1 aromatic carbocycles. The number of nitrogens with two attached hydrogens (primary N) is 1. The van der Waals surface area contributed by atoms with Gasteiger partial charge in [-0.25, -0.2) is 0 Å². The van der Waals surface area contributed by atoms with E-state index in [4.69, 9.17) is 5.73 Å². The summed E-state index contributed by atoms with van der Waals surface area (Å²) in [7, 11) is 0. The van der Waals surface area contributed by atoms with Crippen LogP contribution in [0.4, 0.5) is 11.4 Å². The summed E-state index contributed by atoms with van der Waals surface area (Å²) in [5, 5.41) is 3.40. The minimum absolute atomic E-state index is 0.861. The van der Waals surface area contributed by atoms with Crippen molar-refractivity contribution in [2.24, 2.45) is 5.92 Å². The minimum Gasteiger partial charge on any atom is -0.397 e. The van der Waals surface area contributed by atoms with E-state index in [1.54, 1.807) is 0 Å². The predicted octanol–water partition coefficient (Wildman–Crippen LogP) is 3.16. The Kier molecular flexibility index (Phi) is 2.68. The molecule has 0 bridgehead atoms. The summed E-state index contributed by atoms with van der Waals surface area (Å²) in [6, 6.07) is 4.08. The topological polar surface area (TPSA) is 38.0 Å². The molecule has 0 spiro atoms. The Balaban J connectivity index is 2.11. The van der Waals surface area contributed by atoms with Crippen molar-refractivity contribution < 1.29 is 0 Å². The van der Waals surface area contributed by atoms with E-state index in [1.165, 1.54) is 12.8 Å². The molecule has 0 radical (unpaired) electrons. The standard InChI is InChI=1S/C11H15BrN2/c1-7-9(12)4-5-10(11(7)13)14-6-8-2-3-8/h4-5,8,14H,2-3,6,13H2,1H3. The molecule has 0 amide bonds. The molecule has 76 valence electrons. The van der Waals surface area contributed by atoms with Gasteiger partial charge in [-0.3, -0.25) is 0 Å². The quantitative estimate of drug-likeness (QED) is 0.814. The van der Waals surface area contributed by atoms with Crippen LogP contribution in [0.1, 0.15) is 18.4 Å². The third-order valence-electron chi connectivity index (χ3n) is 2.73. The molecule has 3 heteroatoms. The van der Waals surface area contributed by atoms with Gasteiger partial charge in [-0.2, -0.15) is 0 Å². The van der Waals surface area contributed by atoms with Crippen molar-refractivity contribution in [3.05, 3.63) is 22.2 Å². The van der Waals surface area contributed by atoms with Crippen molar-refractivity contribution in [3.8, 4) is 0 Å². The molecular formula is C11H15BrN2. The molecule has 0 saturated heterocycles. The second-order valence-corrected chi connectivity index (χ2v) is 4.81. The summed E-state index contributed by atoms with van der Waals surface area (Å²) in [6.45, 7) is 3.09. The Morgan fingerprint density at radius 2 is 2.21 bits per heavy atom. The third kappa shape index (κ3) is 2.03. The molecule has 1 aliphatic carbocycles. The Bertz CT molecular complexity index is 345. The molecule has 1 saturated carbocycles. The van der Waals surface area contributed by atoms with Crippen LogP contribution in [0.3, 0.4) is 0 Å². The van der Waals surface area contributed by atoms with E-state index in [0.29, 0.717) is 0 Å². The first kappa shape index (κ1) is 9.84. The van der Waals surface area contributed by atoms with Gasteiger partial charge in [-0.05, 0) is 43.4 Å². The first-order chi connectivity index (χ1) is 6.68. The average molecular weight is 255 g/mol. The van der Waals surface area contributed by atoms with Crippen LogP contribution in [0, 0.1) is 12.8 Å². The Hall–Kier alpha value is -0.700. The largest absolute Gasteiger partial charge is 0.397 e. The highest BCUT2D eigenvalue weighted by molar-refractivity contribution is 9.10. The Morgan fingerprint density at radius 1 is 1.50 bits per heavy atom. The van der Waals surface area contributed by atoms with Crippen LogP contribution < -0.4 is 11.1 Å². The molecule has 1 aliphatic rings. The van der Waals surface area contributed by atoms with Crippen molar-refractivity contribution >= 4 is 27.3 Å². The van der Waals surface area contributed by atoms with E-state index >= 15 is 0 Å². The van der Waals surface area contributed by atoms with Crippen LogP contribution in [0.25, 0.3) is 0 Å². The number of halogens is 1. The van der Waals surface area contributed by atoms with Crippen LogP contribution >= 0.6 is 15.9 Å². The summed E-state index contributed by atoms with van der Waals surface area (Å²) < 4.78 is 1.08. The zero-order chi connectivity index (χ0) is 10.1. The molecule has 0 atom stereocenters. The summed E-state index contributed by atoms with van der Waals surface area (Å²) in [5.74, 6) is 0.873. The van der Waals surface area contributed by atoms with Gasteiger partial charge in [0.15, 0.2) is 0 Å². The van der Waals surface area contributed by atoms with E-state index in [2.05, 4.69) is 21.2 Å². The Morgan fingerprint density at radius 3 is 2.86 bits per heavy atom. The van der Waals surface area contributed by atoms with Gasteiger partial charge in [0.2, 0.25) is 0 Å². The number of nitrogens with one attached hydrogen (secondary N) is 1. The van der Waals surface area contributed by atoms with Gasteiger partial charge in [0.05, 0.1) is 11.4 Å². The van der Waals surface area contributed by atoms with Crippen molar-refractivity contribution in [3.63, 3.8) is 0 Å². The van der Waals surface area contributed by atoms with Crippen LogP contribution in [0.15, 0.2) is 16.6 Å². The zero-order valence-corrected chi connectivity index (χ0v) is 9.89. The van der Waals surface area contributed by atoms with E-state index in [9.17, 15) is 0 Å².